The summed E-state index contributed by atoms with van der Waals surface area (Å²) in [7, 11) is 0. The Morgan fingerprint density at radius 2 is 1.61 bits per heavy atom. The maximum atomic E-state index is 5.75. The lowest BCUT2D eigenvalue weighted by Crippen LogP contribution is -2.20. The van der Waals surface area contributed by atoms with E-state index in [1.807, 2.05) is 0 Å². The maximum Gasteiger partial charge on any atom is 0.139 e. The second-order valence-corrected chi connectivity index (χ2v) is 6.66. The summed E-state index contributed by atoms with van der Waals surface area (Å²) in [6.07, 6.45) is 0.431. The molecule has 5 aliphatic rings. The molecule has 1 heterocycles. The molecule has 1 aromatic carbocycles. The van der Waals surface area contributed by atoms with Gasteiger partial charge in [0, 0.05) is 17.4 Å². The van der Waals surface area contributed by atoms with Crippen LogP contribution in [0.5, 0.6) is 0 Å². The van der Waals surface area contributed by atoms with Gasteiger partial charge in [-0.3, -0.25) is 0 Å². The van der Waals surface area contributed by atoms with Crippen molar-refractivity contribution in [1.82, 2.24) is 0 Å². The molecule has 1 aromatic rings. The Kier molecular flexibility index (Phi) is 1.42. The van der Waals surface area contributed by atoms with E-state index in [1.54, 1.807) is 0 Å². The second kappa shape index (κ2) is 2.66. The molecule has 2 heteroatoms. The van der Waals surface area contributed by atoms with Crippen LogP contribution in [0, 0.1) is 50.4 Å². The van der Waals surface area contributed by atoms with Crippen LogP contribution >= 0.6 is 0 Å². The van der Waals surface area contributed by atoms with E-state index in [0.29, 0.717) is 12.0 Å². The van der Waals surface area contributed by atoms with Gasteiger partial charge < -0.3 is 4.84 Å². The number of oxime groups is 1. The monoisotopic (exact) mass is 239 g/mol. The minimum atomic E-state index is 0.431. The molecule has 2 bridgehead atoms. The molecule has 1 aliphatic heterocycles. The van der Waals surface area contributed by atoms with E-state index in [9.17, 15) is 0 Å². The first kappa shape index (κ1) is 9.60. The van der Waals surface area contributed by atoms with Gasteiger partial charge in [-0.25, -0.2) is 0 Å². The predicted octanol–water partition coefficient (Wildman–Crippen LogP) is 2.84. The summed E-state index contributed by atoms with van der Waals surface area (Å²) in [6, 6.07) is 4.54. The molecule has 6 rings (SSSR count). The fraction of sp³-hybridized carbons (Fsp3) is 0.562. The predicted molar refractivity (Wildman–Crippen MR) is 69.5 cm³/mol. The van der Waals surface area contributed by atoms with Crippen molar-refractivity contribution in [3.05, 3.63) is 34.4 Å². The van der Waals surface area contributed by atoms with Gasteiger partial charge in [-0.15, -0.1) is 0 Å². The van der Waals surface area contributed by atoms with Gasteiger partial charge in [-0.05, 0) is 49.7 Å². The van der Waals surface area contributed by atoms with Crippen molar-refractivity contribution in [2.75, 3.05) is 0 Å². The average molecular weight is 239 g/mol. The van der Waals surface area contributed by atoms with Crippen molar-refractivity contribution >= 4 is 5.71 Å². The minimum absolute atomic E-state index is 0.431. The Hall–Kier alpha value is -1.31. The van der Waals surface area contributed by atoms with Crippen molar-refractivity contribution in [1.29, 1.82) is 0 Å². The standard InChI is InChI=1S/C16H17NO/c1-6-4-7(2)9(8(3)5-6)15-14-12-10-11(12)13(10)16(14)18-17-15/h4-5,10-14,16H,1-3H3. The minimum Gasteiger partial charge on any atom is -0.391 e. The highest BCUT2D eigenvalue weighted by Crippen LogP contribution is 2.85. The van der Waals surface area contributed by atoms with Gasteiger partial charge in [-0.2, -0.15) is 0 Å². The summed E-state index contributed by atoms with van der Waals surface area (Å²) in [4.78, 5) is 5.75. The highest BCUT2D eigenvalue weighted by molar-refractivity contribution is 6.06. The lowest BCUT2D eigenvalue weighted by molar-refractivity contribution is 0.0652. The van der Waals surface area contributed by atoms with Crippen molar-refractivity contribution in [3.8, 4) is 0 Å². The van der Waals surface area contributed by atoms with Crippen LogP contribution in [0.1, 0.15) is 22.3 Å². The summed E-state index contributed by atoms with van der Waals surface area (Å²) in [5, 5.41) is 4.45. The highest BCUT2D eigenvalue weighted by Gasteiger charge is 2.87. The lowest BCUT2D eigenvalue weighted by atomic mass is 9.87. The molecule has 2 nitrogen and oxygen atoms in total. The fourth-order valence-electron chi connectivity index (χ4n) is 4.96. The normalized spacial score (nSPS) is 45.2. The van der Waals surface area contributed by atoms with Crippen LogP contribution in [0.15, 0.2) is 17.3 Å². The third-order valence-corrected chi connectivity index (χ3v) is 5.61. The molecule has 0 radical (unpaired) electrons. The van der Waals surface area contributed by atoms with Gasteiger partial charge in [0.05, 0.1) is 5.71 Å². The Morgan fingerprint density at radius 3 is 2.28 bits per heavy atom. The van der Waals surface area contributed by atoms with Crippen molar-refractivity contribution in [2.24, 2.45) is 34.7 Å². The smallest absolute Gasteiger partial charge is 0.139 e. The molecule has 92 valence electrons. The topological polar surface area (TPSA) is 21.6 Å². The van der Waals surface area contributed by atoms with Crippen molar-refractivity contribution < 1.29 is 4.84 Å². The molecule has 4 aliphatic carbocycles. The molecule has 0 amide bonds. The van der Waals surface area contributed by atoms with Gasteiger partial charge >= 0.3 is 0 Å². The fourth-order valence-corrected chi connectivity index (χ4v) is 4.96. The summed E-state index contributed by atoms with van der Waals surface area (Å²) in [5.74, 6) is 4.42. The van der Waals surface area contributed by atoms with E-state index in [0.717, 1.165) is 23.7 Å². The van der Waals surface area contributed by atoms with E-state index in [1.165, 1.54) is 28.0 Å². The van der Waals surface area contributed by atoms with Gasteiger partial charge in [-0.1, -0.05) is 22.9 Å². The Bertz CT molecular complexity index is 585. The zero-order chi connectivity index (χ0) is 12.2. The van der Waals surface area contributed by atoms with Gasteiger partial charge in [0.15, 0.2) is 0 Å². The molecule has 0 aromatic heterocycles. The zero-order valence-corrected chi connectivity index (χ0v) is 11.0. The van der Waals surface area contributed by atoms with Crippen molar-refractivity contribution in [2.45, 2.75) is 26.9 Å². The largest absolute Gasteiger partial charge is 0.391 e. The molecule has 18 heavy (non-hydrogen) atoms. The molecule has 0 spiro atoms. The van der Waals surface area contributed by atoms with Crippen LogP contribution in [0.4, 0.5) is 0 Å². The van der Waals surface area contributed by atoms with Gasteiger partial charge in [0.25, 0.3) is 0 Å². The maximum absolute atomic E-state index is 5.75. The van der Waals surface area contributed by atoms with Crippen LogP contribution in [0.25, 0.3) is 0 Å². The molecular weight excluding hydrogens is 222 g/mol. The Balaban J connectivity index is 1.63. The summed E-state index contributed by atoms with van der Waals surface area (Å²) >= 11 is 0. The number of hydrogen-bond donors (Lipinski definition) is 0. The molecule has 4 atom stereocenters. The SMILES string of the molecule is Cc1cc(C)c(C2=NOC3C2C2C4C3C24)c(C)c1. The van der Waals surface area contributed by atoms with Crippen LogP contribution in [-0.4, -0.2) is 11.8 Å². The number of aryl methyl sites for hydroxylation is 3. The van der Waals surface area contributed by atoms with Crippen LogP contribution in [0.3, 0.4) is 0 Å². The third kappa shape index (κ3) is 0.888. The first-order valence-electron chi connectivity index (χ1n) is 7.00. The van der Waals surface area contributed by atoms with Gasteiger partial charge in [0.1, 0.15) is 6.10 Å². The quantitative estimate of drug-likeness (QED) is 0.738. The zero-order valence-electron chi connectivity index (χ0n) is 11.0. The number of rotatable bonds is 1. The first-order valence-corrected chi connectivity index (χ1v) is 7.00. The van der Waals surface area contributed by atoms with E-state index in [2.05, 4.69) is 38.1 Å². The summed E-state index contributed by atoms with van der Waals surface area (Å²) in [5.41, 5.74) is 6.67. The average Bonchev–Trinajstić information content (AvgIpc) is 3.02. The van der Waals surface area contributed by atoms with E-state index < -0.39 is 0 Å². The molecule has 0 saturated heterocycles. The first-order chi connectivity index (χ1) is 8.68. The van der Waals surface area contributed by atoms with Crippen LogP contribution < -0.4 is 0 Å². The second-order valence-electron chi connectivity index (χ2n) is 6.66. The third-order valence-electron chi connectivity index (χ3n) is 5.61. The number of hydrogen-bond acceptors (Lipinski definition) is 2. The molecule has 4 fully saturated rings. The summed E-state index contributed by atoms with van der Waals surface area (Å²) < 4.78 is 0. The van der Waals surface area contributed by atoms with Gasteiger partial charge in [0.2, 0.25) is 0 Å². The highest BCUT2D eigenvalue weighted by atomic mass is 16.6. The van der Waals surface area contributed by atoms with E-state index in [-0.39, 0.29) is 0 Å². The van der Waals surface area contributed by atoms with Crippen molar-refractivity contribution in [3.63, 3.8) is 0 Å². The number of nitrogens with zero attached hydrogens (tertiary/aromatic N) is 1. The van der Waals surface area contributed by atoms with Crippen LogP contribution in [0.2, 0.25) is 0 Å². The lowest BCUT2D eigenvalue weighted by Gasteiger charge is -2.14. The van der Waals surface area contributed by atoms with E-state index in [4.69, 9.17) is 4.84 Å². The summed E-state index contributed by atoms with van der Waals surface area (Å²) in [6.45, 7) is 6.57. The number of benzene rings is 1. The molecule has 4 saturated carbocycles. The molecule has 4 unspecified atom stereocenters. The van der Waals surface area contributed by atoms with E-state index >= 15 is 0 Å². The molecule has 0 N–H and O–H groups in total. The Labute approximate surface area is 107 Å². The van der Waals surface area contributed by atoms with Crippen LogP contribution in [-0.2, 0) is 4.84 Å². The Morgan fingerprint density at radius 1 is 0.944 bits per heavy atom. The molecular formula is C16H17NO.